The van der Waals surface area contributed by atoms with E-state index >= 15 is 0 Å². The van der Waals surface area contributed by atoms with E-state index in [0.717, 1.165) is 50.4 Å². The number of hydrogen-bond acceptors (Lipinski definition) is 7. The van der Waals surface area contributed by atoms with E-state index in [0.29, 0.717) is 48.9 Å². The van der Waals surface area contributed by atoms with Crippen molar-refractivity contribution < 1.29 is 28.2 Å². The van der Waals surface area contributed by atoms with Gasteiger partial charge in [0.15, 0.2) is 11.5 Å². The summed E-state index contributed by atoms with van der Waals surface area (Å²) in [6.07, 6.45) is 2.98. The van der Waals surface area contributed by atoms with E-state index < -0.39 is 0 Å². The predicted octanol–water partition coefficient (Wildman–Crippen LogP) is 5.03. The van der Waals surface area contributed by atoms with Crippen LogP contribution < -0.4 is 9.47 Å². The smallest absolute Gasteiger partial charge is 0.254 e. The lowest BCUT2D eigenvalue weighted by atomic mass is 9.86. The van der Waals surface area contributed by atoms with E-state index in [2.05, 4.69) is 25.7 Å². The Hall–Kier alpha value is -3.82. The molecule has 1 saturated heterocycles. The Bertz CT molecular complexity index is 1330. The predicted molar refractivity (Wildman–Crippen MR) is 170 cm³/mol. The molecule has 2 amide bonds. The summed E-state index contributed by atoms with van der Waals surface area (Å²) < 4.78 is 21.9. The highest BCUT2D eigenvalue weighted by atomic mass is 16.5. The monoisotopic (exact) mass is 605 g/mol. The first-order valence-corrected chi connectivity index (χ1v) is 15.4. The van der Waals surface area contributed by atoms with Crippen molar-refractivity contribution in [3.05, 3.63) is 83.3 Å². The van der Waals surface area contributed by atoms with E-state index in [-0.39, 0.29) is 23.8 Å². The molecule has 1 fully saturated rings. The highest BCUT2D eigenvalue weighted by Gasteiger charge is 2.24. The number of rotatable bonds is 14. The van der Waals surface area contributed by atoms with Gasteiger partial charge in [-0.05, 0) is 65.8 Å². The lowest BCUT2D eigenvalue weighted by Crippen LogP contribution is -2.44. The molecule has 0 saturated carbocycles. The first kappa shape index (κ1) is 33.1. The van der Waals surface area contributed by atoms with Crippen LogP contribution in [0.15, 0.2) is 65.3 Å². The minimum absolute atomic E-state index is 0.0182. The van der Waals surface area contributed by atoms with Crippen LogP contribution in [0.2, 0.25) is 0 Å². The van der Waals surface area contributed by atoms with Gasteiger partial charge in [0.2, 0.25) is 5.91 Å². The van der Waals surface area contributed by atoms with Gasteiger partial charge >= 0.3 is 0 Å². The quantitative estimate of drug-likeness (QED) is 0.255. The summed E-state index contributed by atoms with van der Waals surface area (Å²) in [4.78, 5) is 33.6. The van der Waals surface area contributed by atoms with E-state index in [1.165, 1.54) is 0 Å². The Morgan fingerprint density at radius 3 is 2.27 bits per heavy atom. The fraction of sp³-hybridized carbons (Fsp3) is 0.486. The van der Waals surface area contributed by atoms with Gasteiger partial charge in [-0.25, -0.2) is 0 Å². The molecule has 0 aliphatic carbocycles. The van der Waals surface area contributed by atoms with Crippen LogP contribution in [0.5, 0.6) is 11.5 Å². The second kappa shape index (κ2) is 15.8. The summed E-state index contributed by atoms with van der Waals surface area (Å²) >= 11 is 0. The molecule has 9 nitrogen and oxygen atoms in total. The van der Waals surface area contributed by atoms with Crippen LogP contribution in [-0.4, -0.2) is 93.2 Å². The number of benzene rings is 2. The molecule has 0 unspecified atom stereocenters. The zero-order valence-electron chi connectivity index (χ0n) is 26.8. The van der Waals surface area contributed by atoms with Crippen LogP contribution >= 0.6 is 0 Å². The van der Waals surface area contributed by atoms with Gasteiger partial charge in [0, 0.05) is 38.3 Å². The molecule has 3 aromatic rings. The molecule has 1 aliphatic heterocycles. The minimum Gasteiger partial charge on any atom is -0.493 e. The zero-order chi connectivity index (χ0) is 31.5. The Balaban J connectivity index is 1.50. The number of morpholine rings is 1. The second-order valence-electron chi connectivity index (χ2n) is 12.2. The standard InChI is InChI=1S/C35H47N3O6/c1-35(2,3)29-12-10-28(11-13-29)34(40)38(17-7-16-36-19-22-43-23-20-36)26-33(39)37(25-30-8-6-21-44-30)18-15-27-9-14-31(41-4)32(24-27)42-5/h6,8-14,21,24H,7,15-20,22-23,25-26H2,1-5H3. The van der Waals surface area contributed by atoms with Gasteiger partial charge in [0.1, 0.15) is 12.3 Å². The SMILES string of the molecule is COc1ccc(CCN(Cc2ccco2)C(=O)CN(CCCN2CCOCC2)C(=O)c2ccc(C(C)(C)C)cc2)cc1OC. The molecular weight excluding hydrogens is 558 g/mol. The van der Waals surface area contributed by atoms with Crippen LogP contribution in [0.1, 0.15) is 54.4 Å². The number of nitrogens with zero attached hydrogens (tertiary/aromatic N) is 3. The van der Waals surface area contributed by atoms with Crippen molar-refractivity contribution in [3.8, 4) is 11.5 Å². The van der Waals surface area contributed by atoms with Gasteiger partial charge in [0.05, 0.1) is 40.2 Å². The molecule has 0 N–H and O–H groups in total. The minimum atomic E-state index is -0.140. The van der Waals surface area contributed by atoms with Crippen LogP contribution in [0.3, 0.4) is 0 Å². The molecule has 2 aromatic carbocycles. The van der Waals surface area contributed by atoms with Gasteiger partial charge in [-0.3, -0.25) is 14.5 Å². The van der Waals surface area contributed by atoms with Crippen LogP contribution in [-0.2, 0) is 27.9 Å². The average Bonchev–Trinajstić information content (AvgIpc) is 3.55. The molecule has 0 spiro atoms. The zero-order valence-corrected chi connectivity index (χ0v) is 26.8. The van der Waals surface area contributed by atoms with Crippen molar-refractivity contribution in [2.24, 2.45) is 0 Å². The molecule has 0 atom stereocenters. The number of hydrogen-bond donors (Lipinski definition) is 0. The van der Waals surface area contributed by atoms with E-state index in [4.69, 9.17) is 18.6 Å². The van der Waals surface area contributed by atoms with Crippen molar-refractivity contribution in [1.29, 1.82) is 0 Å². The van der Waals surface area contributed by atoms with Gasteiger partial charge in [-0.1, -0.05) is 39.0 Å². The summed E-state index contributed by atoms with van der Waals surface area (Å²) in [5.41, 5.74) is 2.73. The molecule has 44 heavy (non-hydrogen) atoms. The fourth-order valence-corrected chi connectivity index (χ4v) is 5.30. The normalized spacial score (nSPS) is 13.8. The average molecular weight is 606 g/mol. The number of ether oxygens (including phenoxy) is 3. The van der Waals surface area contributed by atoms with Gasteiger partial charge < -0.3 is 28.4 Å². The molecule has 4 rings (SSSR count). The van der Waals surface area contributed by atoms with Crippen molar-refractivity contribution in [2.75, 3.05) is 66.7 Å². The molecule has 1 aromatic heterocycles. The first-order valence-electron chi connectivity index (χ1n) is 15.4. The third-order valence-electron chi connectivity index (χ3n) is 8.02. The lowest BCUT2D eigenvalue weighted by molar-refractivity contribution is -0.132. The van der Waals surface area contributed by atoms with Crippen molar-refractivity contribution >= 4 is 11.8 Å². The maximum absolute atomic E-state index is 13.9. The molecule has 238 valence electrons. The Morgan fingerprint density at radius 1 is 0.909 bits per heavy atom. The van der Waals surface area contributed by atoms with Crippen molar-refractivity contribution in [2.45, 2.75) is 45.6 Å². The van der Waals surface area contributed by atoms with Crippen LogP contribution in [0, 0.1) is 0 Å². The lowest BCUT2D eigenvalue weighted by Gasteiger charge is -2.30. The summed E-state index contributed by atoms with van der Waals surface area (Å²) in [6.45, 7) is 11.7. The fourth-order valence-electron chi connectivity index (χ4n) is 5.30. The van der Waals surface area contributed by atoms with Gasteiger partial charge in [-0.2, -0.15) is 0 Å². The number of methoxy groups -OCH3 is 2. The second-order valence-corrected chi connectivity index (χ2v) is 12.2. The van der Waals surface area contributed by atoms with Crippen molar-refractivity contribution in [1.82, 2.24) is 14.7 Å². The molecule has 9 heteroatoms. The number of amides is 2. The topological polar surface area (TPSA) is 84.7 Å². The summed E-state index contributed by atoms with van der Waals surface area (Å²) in [7, 11) is 3.21. The van der Waals surface area contributed by atoms with Crippen molar-refractivity contribution in [3.63, 3.8) is 0 Å². The summed E-state index contributed by atoms with van der Waals surface area (Å²) in [6, 6.07) is 17.2. The molecular formula is C35H47N3O6. The van der Waals surface area contributed by atoms with Crippen LogP contribution in [0.25, 0.3) is 0 Å². The number of carbonyl (C=O) groups is 2. The van der Waals surface area contributed by atoms with E-state index in [1.54, 1.807) is 30.3 Å². The van der Waals surface area contributed by atoms with Gasteiger partial charge in [-0.15, -0.1) is 0 Å². The molecule has 0 bridgehead atoms. The number of furan rings is 1. The largest absolute Gasteiger partial charge is 0.493 e. The maximum atomic E-state index is 13.9. The maximum Gasteiger partial charge on any atom is 0.254 e. The summed E-state index contributed by atoms with van der Waals surface area (Å²) in [5, 5.41) is 0. The molecule has 0 radical (unpaired) electrons. The Kier molecular flexibility index (Phi) is 11.9. The van der Waals surface area contributed by atoms with E-state index in [1.807, 2.05) is 54.6 Å². The number of carbonyl (C=O) groups excluding carboxylic acids is 2. The van der Waals surface area contributed by atoms with Gasteiger partial charge in [0.25, 0.3) is 5.91 Å². The Labute approximate surface area is 261 Å². The summed E-state index contributed by atoms with van der Waals surface area (Å²) in [5.74, 6) is 1.71. The molecule has 1 aliphatic rings. The highest BCUT2D eigenvalue weighted by molar-refractivity contribution is 5.96. The molecule has 2 heterocycles. The first-order chi connectivity index (χ1) is 21.2. The van der Waals surface area contributed by atoms with E-state index in [9.17, 15) is 9.59 Å². The Morgan fingerprint density at radius 2 is 1.64 bits per heavy atom. The third-order valence-corrected chi connectivity index (χ3v) is 8.02. The van der Waals surface area contributed by atoms with Crippen LogP contribution in [0.4, 0.5) is 0 Å². The highest BCUT2D eigenvalue weighted by Crippen LogP contribution is 2.28. The third kappa shape index (κ3) is 9.34.